The molecule has 0 aliphatic rings. The van der Waals surface area contributed by atoms with Crippen molar-refractivity contribution in [1.82, 2.24) is 15.4 Å². The first-order chi connectivity index (χ1) is 10.9. The van der Waals surface area contributed by atoms with Crippen LogP contribution in [0.25, 0.3) is 0 Å². The molecule has 1 amide bonds. The van der Waals surface area contributed by atoms with Crippen LogP contribution in [-0.2, 0) is 16.5 Å². The fraction of sp³-hybridized carbons (Fsp3) is 0. The Morgan fingerprint density at radius 1 is 1.04 bits per heavy atom. The van der Waals surface area contributed by atoms with Gasteiger partial charge in [-0.05, 0) is 30.3 Å². The average Bonchev–Trinajstić information content (AvgIpc) is 3.11. The first-order valence-corrected chi connectivity index (χ1v) is 6.47. The normalized spacial score (nSPS) is 9.39. The van der Waals surface area contributed by atoms with Gasteiger partial charge in [0, 0.05) is 35.9 Å². The van der Waals surface area contributed by atoms with Gasteiger partial charge in [-0.3, -0.25) is 14.8 Å². The second-order valence-corrected chi connectivity index (χ2v) is 4.02. The topological polar surface area (TPSA) is 80.4 Å². The van der Waals surface area contributed by atoms with Crippen LogP contribution in [0.4, 0.5) is 0 Å². The number of carbonyl (C=O) groups is 1. The zero-order valence-corrected chi connectivity index (χ0v) is 13.0. The van der Waals surface area contributed by atoms with Crippen molar-refractivity contribution >= 4 is 12.1 Å². The van der Waals surface area contributed by atoms with Crippen molar-refractivity contribution in [3.05, 3.63) is 84.8 Å². The molecule has 3 heterocycles. The minimum atomic E-state index is -0.276. The fourth-order valence-corrected chi connectivity index (χ4v) is 1.39. The number of carbonyl (C=O) groups excluding carboxylic acids is 1. The van der Waals surface area contributed by atoms with Crippen LogP contribution < -0.4 is 5.43 Å². The van der Waals surface area contributed by atoms with Crippen molar-refractivity contribution in [1.29, 1.82) is 0 Å². The van der Waals surface area contributed by atoms with E-state index in [0.717, 1.165) is 5.56 Å². The molecule has 1 N–H and O–H groups in total. The maximum atomic E-state index is 11.5. The van der Waals surface area contributed by atoms with Crippen LogP contribution in [-0.4, -0.2) is 22.1 Å². The SMILES string of the molecule is O=C(NN=Cc1ccoc1)c1ccncc1.[Ni+2].c1ccncc1. The van der Waals surface area contributed by atoms with Gasteiger partial charge in [0.25, 0.3) is 5.91 Å². The number of hydrogen-bond donors (Lipinski definition) is 1. The first kappa shape index (κ1) is 18.3. The van der Waals surface area contributed by atoms with Gasteiger partial charge in [0.05, 0.1) is 18.7 Å². The Kier molecular flexibility index (Phi) is 8.63. The molecule has 0 unspecified atom stereocenters. The van der Waals surface area contributed by atoms with Crippen molar-refractivity contribution in [2.75, 3.05) is 0 Å². The molecule has 3 aromatic rings. The fourth-order valence-electron chi connectivity index (χ4n) is 1.39. The third-order valence-electron chi connectivity index (χ3n) is 2.43. The van der Waals surface area contributed by atoms with Gasteiger partial charge < -0.3 is 4.42 Å². The molecule has 6 nitrogen and oxygen atoms in total. The van der Waals surface area contributed by atoms with Crippen LogP contribution in [0.2, 0.25) is 0 Å². The van der Waals surface area contributed by atoms with E-state index >= 15 is 0 Å². The molecule has 0 radical (unpaired) electrons. The summed E-state index contributed by atoms with van der Waals surface area (Å²) in [6, 6.07) is 10.7. The molecular formula is C16H14N4NiO2+2. The van der Waals surface area contributed by atoms with Gasteiger partial charge in [-0.1, -0.05) is 6.07 Å². The van der Waals surface area contributed by atoms with Crippen molar-refractivity contribution in [2.45, 2.75) is 0 Å². The zero-order valence-electron chi connectivity index (χ0n) is 12.0. The summed E-state index contributed by atoms with van der Waals surface area (Å²) in [6.45, 7) is 0. The summed E-state index contributed by atoms with van der Waals surface area (Å²) in [7, 11) is 0. The molecule has 23 heavy (non-hydrogen) atoms. The Morgan fingerprint density at radius 2 is 1.74 bits per heavy atom. The van der Waals surface area contributed by atoms with Crippen molar-refractivity contribution < 1.29 is 25.7 Å². The van der Waals surface area contributed by atoms with Crippen LogP contribution >= 0.6 is 0 Å². The molecule has 0 atom stereocenters. The summed E-state index contributed by atoms with van der Waals surface area (Å²) < 4.78 is 4.84. The number of nitrogens with one attached hydrogen (secondary N) is 1. The molecule has 0 fully saturated rings. The summed E-state index contributed by atoms with van der Waals surface area (Å²) >= 11 is 0. The molecule has 0 saturated heterocycles. The van der Waals surface area contributed by atoms with Crippen molar-refractivity contribution in [3.63, 3.8) is 0 Å². The smallest absolute Gasteiger partial charge is 0.472 e. The third-order valence-corrected chi connectivity index (χ3v) is 2.43. The molecule has 3 rings (SSSR count). The van der Waals surface area contributed by atoms with Gasteiger partial charge in [-0.2, -0.15) is 5.10 Å². The van der Waals surface area contributed by atoms with Crippen LogP contribution in [0, 0.1) is 0 Å². The predicted molar refractivity (Wildman–Crippen MR) is 82.2 cm³/mol. The van der Waals surface area contributed by atoms with Crippen molar-refractivity contribution in [3.8, 4) is 0 Å². The molecule has 0 spiro atoms. The standard InChI is InChI=1S/C11H9N3O2.C5H5N.Ni/c15-11(10-1-4-12-5-2-10)14-13-7-9-3-6-16-8-9;1-2-4-6-5-3-1;/h1-8H,(H,14,15);1-5H;/q;;+2. The summed E-state index contributed by atoms with van der Waals surface area (Å²) in [5.74, 6) is -0.276. The summed E-state index contributed by atoms with van der Waals surface area (Å²) in [5.41, 5.74) is 3.70. The summed E-state index contributed by atoms with van der Waals surface area (Å²) in [6.07, 6.45) is 11.2. The van der Waals surface area contributed by atoms with Gasteiger partial charge in [0.15, 0.2) is 0 Å². The van der Waals surface area contributed by atoms with Gasteiger partial charge in [-0.15, -0.1) is 0 Å². The molecule has 0 aromatic carbocycles. The number of nitrogens with zero attached hydrogens (tertiary/aromatic N) is 3. The quantitative estimate of drug-likeness (QED) is 0.446. The second kappa shape index (κ2) is 10.9. The Balaban J connectivity index is 0.000000320. The van der Waals surface area contributed by atoms with Crippen molar-refractivity contribution in [2.24, 2.45) is 5.10 Å². The molecular weight excluding hydrogens is 339 g/mol. The van der Waals surface area contributed by atoms with Gasteiger partial charge in [0.1, 0.15) is 0 Å². The molecule has 3 aromatic heterocycles. The number of pyridine rings is 2. The molecule has 118 valence electrons. The van der Waals surface area contributed by atoms with E-state index in [-0.39, 0.29) is 22.4 Å². The van der Waals surface area contributed by atoms with E-state index in [1.54, 1.807) is 43.0 Å². The minimum Gasteiger partial charge on any atom is -0.472 e. The Bertz CT molecular complexity index is 662. The molecule has 0 saturated carbocycles. The van der Waals surface area contributed by atoms with E-state index < -0.39 is 0 Å². The number of aromatic nitrogens is 2. The van der Waals surface area contributed by atoms with Crippen LogP contribution in [0.5, 0.6) is 0 Å². The largest absolute Gasteiger partial charge is 2.00 e. The van der Waals surface area contributed by atoms with E-state index in [9.17, 15) is 4.79 Å². The monoisotopic (exact) mass is 352 g/mol. The molecule has 7 heteroatoms. The first-order valence-electron chi connectivity index (χ1n) is 6.47. The van der Waals surface area contributed by atoms with E-state index in [1.807, 2.05) is 18.2 Å². The Morgan fingerprint density at radius 3 is 2.26 bits per heavy atom. The van der Waals surface area contributed by atoms with Gasteiger partial charge in [-0.25, -0.2) is 5.43 Å². The number of hydrogen-bond acceptors (Lipinski definition) is 5. The summed E-state index contributed by atoms with van der Waals surface area (Å²) in [5, 5.41) is 3.79. The molecule has 0 bridgehead atoms. The minimum absolute atomic E-state index is 0. The number of amides is 1. The van der Waals surface area contributed by atoms with E-state index in [0.29, 0.717) is 5.56 Å². The summed E-state index contributed by atoms with van der Waals surface area (Å²) in [4.78, 5) is 19.1. The third kappa shape index (κ3) is 7.15. The van der Waals surface area contributed by atoms with E-state index in [2.05, 4.69) is 20.5 Å². The van der Waals surface area contributed by atoms with Gasteiger partial charge in [0.2, 0.25) is 0 Å². The maximum absolute atomic E-state index is 11.5. The Hall–Kier alpha value is -2.79. The van der Waals surface area contributed by atoms with Crippen LogP contribution in [0.3, 0.4) is 0 Å². The molecule has 0 aliphatic carbocycles. The zero-order chi connectivity index (χ0) is 15.5. The second-order valence-electron chi connectivity index (χ2n) is 4.02. The number of hydrazone groups is 1. The van der Waals surface area contributed by atoms with Crippen LogP contribution in [0.15, 0.2) is 83.2 Å². The van der Waals surface area contributed by atoms with E-state index in [4.69, 9.17) is 4.42 Å². The number of furan rings is 1. The number of rotatable bonds is 3. The Labute approximate surface area is 143 Å². The maximum Gasteiger partial charge on any atom is 2.00 e. The van der Waals surface area contributed by atoms with E-state index in [1.165, 1.54) is 18.7 Å². The average molecular weight is 353 g/mol. The van der Waals surface area contributed by atoms with Gasteiger partial charge >= 0.3 is 16.5 Å². The predicted octanol–water partition coefficient (Wildman–Crippen LogP) is 2.52. The van der Waals surface area contributed by atoms with Crippen LogP contribution in [0.1, 0.15) is 15.9 Å². The molecule has 0 aliphatic heterocycles.